The lowest BCUT2D eigenvalue weighted by Gasteiger charge is -2.27. The maximum absolute atomic E-state index is 13.3. The number of anilines is 1. The van der Waals surface area contributed by atoms with Gasteiger partial charge in [0.2, 0.25) is 5.91 Å². The molecule has 0 fully saturated rings. The lowest BCUT2D eigenvalue weighted by Crippen LogP contribution is -2.44. The average molecular weight is 468 g/mol. The molecule has 0 bridgehead atoms. The van der Waals surface area contributed by atoms with E-state index in [9.17, 15) is 9.59 Å². The van der Waals surface area contributed by atoms with Crippen LogP contribution in [0.25, 0.3) is 0 Å². The lowest BCUT2D eigenvalue weighted by atomic mass is 10.2. The van der Waals surface area contributed by atoms with Crippen molar-refractivity contribution in [3.63, 3.8) is 0 Å². The molecule has 0 aliphatic rings. The standard InChI is InChI=1S/C25H26ClN3O2S/c1-3-14-28(25(31)27-22-11-7-10-21(26)15-22)18-24(30)29(16-20-8-5-4-6-9-20)17-23-13-12-19(2)32-23/h3-13,15H,1,14,16-18H2,2H3,(H,27,31). The minimum absolute atomic E-state index is 0.0599. The van der Waals surface area contributed by atoms with Gasteiger partial charge >= 0.3 is 6.03 Å². The fourth-order valence-electron chi connectivity index (χ4n) is 3.20. The van der Waals surface area contributed by atoms with Crippen molar-refractivity contribution in [2.75, 3.05) is 18.4 Å². The summed E-state index contributed by atoms with van der Waals surface area (Å²) < 4.78 is 0. The Kier molecular flexibility index (Phi) is 8.48. The first kappa shape index (κ1) is 23.6. The normalized spacial score (nSPS) is 10.4. The van der Waals surface area contributed by atoms with Gasteiger partial charge in [-0.2, -0.15) is 0 Å². The number of carbonyl (C=O) groups excluding carboxylic acids is 2. The molecule has 0 saturated heterocycles. The number of amides is 3. The Labute approximate surface area is 197 Å². The molecular formula is C25H26ClN3O2S. The van der Waals surface area contributed by atoms with Crippen molar-refractivity contribution < 1.29 is 9.59 Å². The van der Waals surface area contributed by atoms with Gasteiger partial charge in [0, 0.05) is 33.6 Å². The van der Waals surface area contributed by atoms with Crippen LogP contribution in [0.2, 0.25) is 5.02 Å². The van der Waals surface area contributed by atoms with Gasteiger partial charge in [-0.1, -0.05) is 54.1 Å². The molecule has 0 unspecified atom stereocenters. The number of hydrogen-bond donors (Lipinski definition) is 1. The summed E-state index contributed by atoms with van der Waals surface area (Å²) in [6, 6.07) is 20.4. The van der Waals surface area contributed by atoms with Gasteiger partial charge in [-0.3, -0.25) is 4.79 Å². The Bertz CT molecular complexity index is 1070. The lowest BCUT2D eigenvalue weighted by molar-refractivity contribution is -0.132. The largest absolute Gasteiger partial charge is 0.332 e. The van der Waals surface area contributed by atoms with Crippen LogP contribution in [0.15, 0.2) is 79.4 Å². The van der Waals surface area contributed by atoms with Crippen LogP contribution in [0.1, 0.15) is 15.3 Å². The van der Waals surface area contributed by atoms with E-state index in [0.717, 1.165) is 10.4 Å². The number of carbonyl (C=O) groups is 2. The van der Waals surface area contributed by atoms with Crippen LogP contribution in [0.4, 0.5) is 10.5 Å². The van der Waals surface area contributed by atoms with Crippen molar-refractivity contribution in [3.8, 4) is 0 Å². The first-order valence-electron chi connectivity index (χ1n) is 10.2. The van der Waals surface area contributed by atoms with Crippen molar-refractivity contribution in [3.05, 3.63) is 99.7 Å². The van der Waals surface area contributed by atoms with Crippen LogP contribution in [-0.4, -0.2) is 34.8 Å². The van der Waals surface area contributed by atoms with Gasteiger partial charge in [0.15, 0.2) is 0 Å². The third kappa shape index (κ3) is 6.97. The Morgan fingerprint density at radius 3 is 2.47 bits per heavy atom. The zero-order chi connectivity index (χ0) is 22.9. The third-order valence-electron chi connectivity index (χ3n) is 4.75. The Morgan fingerprint density at radius 1 is 1.03 bits per heavy atom. The van der Waals surface area contributed by atoms with Gasteiger partial charge in [0.25, 0.3) is 0 Å². The van der Waals surface area contributed by atoms with E-state index in [4.69, 9.17) is 11.6 Å². The summed E-state index contributed by atoms with van der Waals surface area (Å²) in [5.74, 6) is -0.136. The van der Waals surface area contributed by atoms with Gasteiger partial charge in [-0.25, -0.2) is 4.79 Å². The molecule has 7 heteroatoms. The first-order valence-corrected chi connectivity index (χ1v) is 11.4. The second kappa shape index (κ2) is 11.5. The Balaban J connectivity index is 1.74. The van der Waals surface area contributed by atoms with Gasteiger partial charge < -0.3 is 15.1 Å². The second-order valence-corrected chi connectivity index (χ2v) is 9.17. The van der Waals surface area contributed by atoms with Gasteiger partial charge in [-0.15, -0.1) is 17.9 Å². The van der Waals surface area contributed by atoms with Crippen molar-refractivity contribution in [1.29, 1.82) is 0 Å². The molecule has 0 radical (unpaired) electrons. The summed E-state index contributed by atoms with van der Waals surface area (Å²) in [7, 11) is 0. The predicted molar refractivity (Wildman–Crippen MR) is 132 cm³/mol. The zero-order valence-electron chi connectivity index (χ0n) is 18.0. The van der Waals surface area contributed by atoms with Crippen LogP contribution < -0.4 is 5.32 Å². The molecule has 3 amide bonds. The average Bonchev–Trinajstić information content (AvgIpc) is 3.18. The minimum atomic E-state index is -0.382. The number of rotatable bonds is 9. The number of urea groups is 1. The van der Waals surface area contributed by atoms with Crippen molar-refractivity contribution in [2.45, 2.75) is 20.0 Å². The molecule has 0 saturated carbocycles. The topological polar surface area (TPSA) is 52.7 Å². The van der Waals surface area contributed by atoms with E-state index in [1.54, 1.807) is 46.6 Å². The first-order chi connectivity index (χ1) is 15.4. The molecule has 2 aromatic carbocycles. The fourth-order valence-corrected chi connectivity index (χ4v) is 4.30. The smallest absolute Gasteiger partial charge is 0.322 e. The molecule has 1 N–H and O–H groups in total. The third-order valence-corrected chi connectivity index (χ3v) is 5.97. The van der Waals surface area contributed by atoms with Gasteiger partial charge in [0.1, 0.15) is 6.54 Å². The van der Waals surface area contributed by atoms with E-state index in [-0.39, 0.29) is 25.0 Å². The molecule has 3 aromatic rings. The maximum Gasteiger partial charge on any atom is 0.322 e. The monoisotopic (exact) mass is 467 g/mol. The molecule has 32 heavy (non-hydrogen) atoms. The van der Waals surface area contributed by atoms with Gasteiger partial charge in [0.05, 0.1) is 6.54 Å². The van der Waals surface area contributed by atoms with Crippen molar-refractivity contribution in [2.24, 2.45) is 0 Å². The van der Waals surface area contributed by atoms with E-state index >= 15 is 0 Å². The van der Waals surface area contributed by atoms with Crippen LogP contribution in [0.3, 0.4) is 0 Å². The highest BCUT2D eigenvalue weighted by atomic mass is 35.5. The number of nitrogens with one attached hydrogen (secondary N) is 1. The number of hydrogen-bond acceptors (Lipinski definition) is 3. The number of aryl methyl sites for hydroxylation is 1. The summed E-state index contributed by atoms with van der Waals surface area (Å²) in [5, 5.41) is 3.32. The number of halogens is 1. The minimum Gasteiger partial charge on any atom is -0.332 e. The Hall–Kier alpha value is -3.09. The molecular weight excluding hydrogens is 442 g/mol. The summed E-state index contributed by atoms with van der Waals surface area (Å²) in [4.78, 5) is 31.7. The highest BCUT2D eigenvalue weighted by Crippen LogP contribution is 2.19. The summed E-state index contributed by atoms with van der Waals surface area (Å²) in [5.41, 5.74) is 1.60. The maximum atomic E-state index is 13.3. The SMILES string of the molecule is C=CCN(CC(=O)N(Cc1ccccc1)Cc1ccc(C)s1)C(=O)Nc1cccc(Cl)c1. The Morgan fingerprint density at radius 2 is 1.81 bits per heavy atom. The van der Waals surface area contributed by atoms with Crippen molar-refractivity contribution in [1.82, 2.24) is 9.80 Å². The van der Waals surface area contributed by atoms with E-state index < -0.39 is 0 Å². The molecule has 0 aliphatic carbocycles. The molecule has 0 spiro atoms. The molecule has 1 aromatic heterocycles. The summed E-state index contributed by atoms with van der Waals surface area (Å²) >= 11 is 7.68. The molecule has 0 atom stereocenters. The van der Waals surface area contributed by atoms with Crippen LogP contribution >= 0.6 is 22.9 Å². The molecule has 1 heterocycles. The zero-order valence-corrected chi connectivity index (χ0v) is 19.5. The molecule has 3 rings (SSSR count). The quantitative estimate of drug-likeness (QED) is 0.395. The van der Waals surface area contributed by atoms with E-state index in [1.165, 1.54) is 9.78 Å². The van der Waals surface area contributed by atoms with Crippen LogP contribution in [-0.2, 0) is 17.9 Å². The molecule has 5 nitrogen and oxygen atoms in total. The molecule has 0 aliphatic heterocycles. The van der Waals surface area contributed by atoms with Crippen LogP contribution in [0.5, 0.6) is 0 Å². The second-order valence-electron chi connectivity index (χ2n) is 7.36. The highest BCUT2D eigenvalue weighted by molar-refractivity contribution is 7.11. The highest BCUT2D eigenvalue weighted by Gasteiger charge is 2.22. The molecule has 166 valence electrons. The van der Waals surface area contributed by atoms with Crippen LogP contribution in [0, 0.1) is 6.92 Å². The van der Waals surface area contributed by atoms with E-state index in [1.807, 2.05) is 49.4 Å². The van der Waals surface area contributed by atoms with E-state index in [2.05, 4.69) is 11.9 Å². The van der Waals surface area contributed by atoms with Gasteiger partial charge in [-0.05, 0) is 42.8 Å². The van der Waals surface area contributed by atoms with E-state index in [0.29, 0.717) is 23.8 Å². The predicted octanol–water partition coefficient (Wildman–Crippen LogP) is 5.96. The summed E-state index contributed by atoms with van der Waals surface area (Å²) in [6.45, 7) is 6.92. The summed E-state index contributed by atoms with van der Waals surface area (Å²) in [6.07, 6.45) is 1.61. The van der Waals surface area contributed by atoms with Crippen molar-refractivity contribution >= 4 is 40.6 Å². The number of nitrogens with zero attached hydrogens (tertiary/aromatic N) is 2. The fraction of sp³-hybridized carbons (Fsp3) is 0.200. The number of thiophene rings is 1. The number of benzene rings is 2.